The molecule has 1 saturated heterocycles. The number of unbranched alkanes of at least 4 members (excludes halogenated alkanes) is 51. The highest BCUT2D eigenvalue weighted by Crippen LogP contribution is 2.24. The van der Waals surface area contributed by atoms with E-state index in [1.807, 2.05) is 0 Å². The monoisotopic (exact) mass is 1120 g/mol. The summed E-state index contributed by atoms with van der Waals surface area (Å²) in [5, 5.41) is 54.9. The maximum Gasteiger partial charge on any atom is 0.220 e. The number of allylic oxidation sites excluding steroid dienone is 2. The van der Waals surface area contributed by atoms with Gasteiger partial charge in [-0.3, -0.25) is 4.79 Å². The maximum absolute atomic E-state index is 13.1. The van der Waals surface area contributed by atoms with Crippen molar-refractivity contribution in [3.05, 3.63) is 12.2 Å². The van der Waals surface area contributed by atoms with E-state index in [1.165, 1.54) is 308 Å². The van der Waals surface area contributed by atoms with Gasteiger partial charge in [-0.2, -0.15) is 0 Å². The Morgan fingerprint density at radius 2 is 0.709 bits per heavy atom. The van der Waals surface area contributed by atoms with E-state index in [0.717, 1.165) is 38.5 Å². The van der Waals surface area contributed by atoms with Gasteiger partial charge in [0.2, 0.25) is 5.91 Å². The van der Waals surface area contributed by atoms with E-state index in [4.69, 9.17) is 9.47 Å². The van der Waals surface area contributed by atoms with E-state index in [2.05, 4.69) is 31.3 Å². The number of amides is 1. The molecule has 6 N–H and O–H groups in total. The highest BCUT2D eigenvalue weighted by Gasteiger charge is 2.44. The Hall–Kier alpha value is -1.07. The van der Waals surface area contributed by atoms with Gasteiger partial charge in [-0.05, 0) is 38.5 Å². The van der Waals surface area contributed by atoms with Gasteiger partial charge in [-0.25, -0.2) is 0 Å². The van der Waals surface area contributed by atoms with E-state index < -0.39 is 49.5 Å². The van der Waals surface area contributed by atoms with Crippen molar-refractivity contribution in [2.75, 3.05) is 13.2 Å². The number of rotatable bonds is 63. The Morgan fingerprint density at radius 3 is 1.03 bits per heavy atom. The van der Waals surface area contributed by atoms with Crippen LogP contribution >= 0.6 is 0 Å². The molecule has 9 heteroatoms. The van der Waals surface area contributed by atoms with Crippen molar-refractivity contribution in [2.45, 2.75) is 416 Å². The molecule has 1 aliphatic rings. The Labute approximate surface area is 490 Å². The zero-order chi connectivity index (χ0) is 57.2. The first-order valence-electron chi connectivity index (χ1n) is 35.4. The predicted molar refractivity (Wildman–Crippen MR) is 337 cm³/mol. The van der Waals surface area contributed by atoms with Crippen LogP contribution in [0.15, 0.2) is 12.2 Å². The molecule has 0 saturated carbocycles. The first-order valence-corrected chi connectivity index (χ1v) is 35.4. The smallest absolute Gasteiger partial charge is 0.220 e. The number of hydrogen-bond donors (Lipinski definition) is 6. The van der Waals surface area contributed by atoms with Crippen molar-refractivity contribution in [3.8, 4) is 0 Å². The van der Waals surface area contributed by atoms with Gasteiger partial charge >= 0.3 is 0 Å². The highest BCUT2D eigenvalue weighted by molar-refractivity contribution is 5.76. The molecule has 0 bridgehead atoms. The van der Waals surface area contributed by atoms with Gasteiger partial charge in [0, 0.05) is 6.42 Å². The van der Waals surface area contributed by atoms with Crippen molar-refractivity contribution in [1.29, 1.82) is 0 Å². The number of carbonyl (C=O) groups is 1. The summed E-state index contributed by atoms with van der Waals surface area (Å²) >= 11 is 0. The van der Waals surface area contributed by atoms with Gasteiger partial charge in [0.05, 0.1) is 25.4 Å². The highest BCUT2D eigenvalue weighted by atomic mass is 16.7. The summed E-state index contributed by atoms with van der Waals surface area (Å²) in [6, 6.07) is -0.717. The normalized spacial score (nSPS) is 18.5. The number of aliphatic hydroxyl groups excluding tert-OH is 5. The summed E-state index contributed by atoms with van der Waals surface area (Å²) in [5.41, 5.74) is 0. The minimum absolute atomic E-state index is 0.132. The summed E-state index contributed by atoms with van der Waals surface area (Å²) in [6.45, 7) is 3.90. The number of aliphatic hydroxyl groups is 5. The molecule has 1 rings (SSSR count). The lowest BCUT2D eigenvalue weighted by Crippen LogP contribution is -2.60. The second kappa shape index (κ2) is 60.1. The van der Waals surface area contributed by atoms with Crippen molar-refractivity contribution in [2.24, 2.45) is 0 Å². The van der Waals surface area contributed by atoms with Crippen LogP contribution in [0.25, 0.3) is 0 Å². The molecule has 7 unspecified atom stereocenters. The zero-order valence-corrected chi connectivity index (χ0v) is 52.7. The second-order valence-electron chi connectivity index (χ2n) is 25.0. The third-order valence-corrected chi connectivity index (χ3v) is 17.4. The van der Waals surface area contributed by atoms with Crippen molar-refractivity contribution in [1.82, 2.24) is 5.32 Å². The Morgan fingerprint density at radius 1 is 0.418 bits per heavy atom. The average Bonchev–Trinajstić information content (AvgIpc) is 3.47. The molecular weight excluding hydrogens is 983 g/mol. The van der Waals surface area contributed by atoms with Gasteiger partial charge in [0.25, 0.3) is 0 Å². The Kier molecular flexibility index (Phi) is 57.7. The van der Waals surface area contributed by atoms with Crippen LogP contribution < -0.4 is 5.32 Å². The molecule has 0 aromatic heterocycles. The second-order valence-corrected chi connectivity index (χ2v) is 25.0. The number of hydrogen-bond acceptors (Lipinski definition) is 8. The van der Waals surface area contributed by atoms with Crippen LogP contribution in [-0.2, 0) is 14.3 Å². The average molecular weight is 1120 g/mol. The summed E-state index contributed by atoms with van der Waals surface area (Å²) in [6.07, 6.45) is 70.0. The van der Waals surface area contributed by atoms with Crippen LogP contribution in [0.4, 0.5) is 0 Å². The molecule has 9 nitrogen and oxygen atoms in total. The van der Waals surface area contributed by atoms with Crippen molar-refractivity contribution >= 4 is 5.91 Å². The fourth-order valence-corrected chi connectivity index (χ4v) is 11.8. The minimum atomic E-state index is -1.55. The topological polar surface area (TPSA) is 149 Å². The minimum Gasteiger partial charge on any atom is -0.394 e. The van der Waals surface area contributed by atoms with Gasteiger partial charge in [0.15, 0.2) is 6.29 Å². The van der Waals surface area contributed by atoms with Gasteiger partial charge in [-0.15, -0.1) is 0 Å². The van der Waals surface area contributed by atoms with Crippen LogP contribution in [0, 0.1) is 0 Å². The lowest BCUT2D eigenvalue weighted by Gasteiger charge is -2.40. The fraction of sp³-hybridized carbons (Fsp3) is 0.957. The molecule has 470 valence electrons. The molecule has 7 atom stereocenters. The van der Waals surface area contributed by atoms with Crippen LogP contribution in [0.5, 0.6) is 0 Å². The summed E-state index contributed by atoms with van der Waals surface area (Å²) in [5.74, 6) is -0.135. The zero-order valence-electron chi connectivity index (χ0n) is 52.7. The van der Waals surface area contributed by atoms with Crippen LogP contribution in [-0.4, -0.2) is 87.5 Å². The van der Waals surface area contributed by atoms with E-state index in [0.29, 0.717) is 12.8 Å². The summed E-state index contributed by atoms with van der Waals surface area (Å²) in [7, 11) is 0. The number of carbonyl (C=O) groups excluding carboxylic acids is 1. The van der Waals surface area contributed by atoms with Gasteiger partial charge in [0.1, 0.15) is 24.4 Å². The molecular formula is C70H137NO8. The first kappa shape index (κ1) is 75.9. The molecule has 1 aliphatic heterocycles. The first-order chi connectivity index (χ1) is 38.8. The molecule has 0 aliphatic carbocycles. The van der Waals surface area contributed by atoms with E-state index in [1.54, 1.807) is 0 Å². The van der Waals surface area contributed by atoms with Gasteiger partial charge < -0.3 is 40.3 Å². The molecule has 0 aromatic rings. The van der Waals surface area contributed by atoms with Gasteiger partial charge in [-0.1, -0.05) is 341 Å². The lowest BCUT2D eigenvalue weighted by molar-refractivity contribution is -0.302. The van der Waals surface area contributed by atoms with E-state index in [9.17, 15) is 30.3 Å². The van der Waals surface area contributed by atoms with Crippen LogP contribution in [0.1, 0.15) is 373 Å². The van der Waals surface area contributed by atoms with Crippen LogP contribution in [0.2, 0.25) is 0 Å². The Bertz CT molecular complexity index is 1250. The summed E-state index contributed by atoms with van der Waals surface area (Å²) in [4.78, 5) is 13.1. The standard InChI is InChI=1S/C70H137NO8/c1-3-5-7-9-11-13-15-17-19-21-23-25-27-28-29-30-31-32-33-34-35-36-38-40-42-44-46-48-50-52-54-56-58-60-66(74)71-63(62-78-70-69(77)68(76)67(75)65(61-72)79-70)64(73)59-57-55-53-51-49-47-45-43-41-39-37-26-24-22-20-18-16-14-12-10-8-6-4-2/h28-29,63-65,67-70,72-73,75-77H,3-27,30-62H2,1-2H3,(H,71,74)/b29-28-. The quantitative estimate of drug-likeness (QED) is 0.0261. The molecule has 0 aromatic carbocycles. The van der Waals surface area contributed by atoms with Crippen molar-refractivity contribution in [3.63, 3.8) is 0 Å². The van der Waals surface area contributed by atoms with Crippen LogP contribution in [0.3, 0.4) is 0 Å². The Balaban J connectivity index is 2.08. The van der Waals surface area contributed by atoms with E-state index >= 15 is 0 Å². The van der Waals surface area contributed by atoms with Crippen molar-refractivity contribution < 1.29 is 39.8 Å². The molecule has 79 heavy (non-hydrogen) atoms. The largest absolute Gasteiger partial charge is 0.394 e. The van der Waals surface area contributed by atoms with E-state index in [-0.39, 0.29) is 12.5 Å². The third-order valence-electron chi connectivity index (χ3n) is 17.4. The number of nitrogens with one attached hydrogen (secondary N) is 1. The maximum atomic E-state index is 13.1. The fourth-order valence-electron chi connectivity index (χ4n) is 11.8. The molecule has 1 amide bonds. The molecule has 0 spiro atoms. The molecule has 1 heterocycles. The lowest BCUT2D eigenvalue weighted by atomic mass is 9.99. The SMILES string of the molecule is CCCCCCCCCCCCCC/C=C\CCCCCCCCCCCCCCCCCCCC(=O)NC(COC1OC(CO)C(O)C(O)C1O)C(O)CCCCCCCCCCCCCCCCCCCCCCCCC. The summed E-state index contributed by atoms with van der Waals surface area (Å²) < 4.78 is 11.4. The molecule has 1 fully saturated rings. The number of ether oxygens (including phenoxy) is 2. The molecule has 0 radical (unpaired) electrons. The third kappa shape index (κ3) is 49.0. The predicted octanol–water partition coefficient (Wildman–Crippen LogP) is 19.1.